The summed E-state index contributed by atoms with van der Waals surface area (Å²) in [6.07, 6.45) is 0. The van der Waals surface area contributed by atoms with E-state index in [0.717, 1.165) is 32.3 Å². The summed E-state index contributed by atoms with van der Waals surface area (Å²) in [4.78, 5) is 0. The summed E-state index contributed by atoms with van der Waals surface area (Å²) in [5.74, 6) is 3.09. The van der Waals surface area contributed by atoms with E-state index in [1.54, 1.807) is 0 Å². The zero-order valence-corrected chi connectivity index (χ0v) is 16.7. The van der Waals surface area contributed by atoms with E-state index in [9.17, 15) is 0 Å². The van der Waals surface area contributed by atoms with Crippen LogP contribution in [0.2, 0.25) is 15.1 Å². The molecule has 0 aromatic heterocycles. The average molecular weight is 409 g/mol. The fraction of sp³-hybridized carbons (Fsp3) is 0.143. The van der Waals surface area contributed by atoms with Crippen LogP contribution in [0.25, 0.3) is 0 Å². The number of hydrogen-bond donors (Lipinski definition) is 0. The Bertz CT molecular complexity index is 683. The highest BCUT2D eigenvalue weighted by atomic mass is 35.5. The molecule has 0 aliphatic rings. The van der Waals surface area contributed by atoms with Gasteiger partial charge in [0.25, 0.3) is 0 Å². The first kappa shape index (κ1) is 18.7. The van der Waals surface area contributed by atoms with Crippen molar-refractivity contribution >= 4 is 45.7 Å². The van der Waals surface area contributed by atoms with Gasteiger partial charge in [0, 0.05) is 42.7 Å². The first-order valence-corrected chi connectivity index (χ1v) is 10.8. The van der Waals surface area contributed by atoms with Crippen LogP contribution < -0.4 is 0 Å². The highest BCUT2D eigenvalue weighted by molar-refractivity contribution is 7.94. The maximum atomic E-state index is 6.01. The summed E-state index contributed by atoms with van der Waals surface area (Å²) in [5, 5.41) is 2.33. The summed E-state index contributed by atoms with van der Waals surface area (Å²) in [7, 11) is 0.173. The summed E-state index contributed by atoms with van der Waals surface area (Å²) >= 11 is 18.0. The predicted octanol–water partition coefficient (Wildman–Crippen LogP) is 7.17. The molecule has 4 heteroatoms. The first-order chi connectivity index (χ1) is 12.1. The molecule has 0 aliphatic carbocycles. The second-order valence-electron chi connectivity index (χ2n) is 5.92. The Morgan fingerprint density at radius 2 is 0.680 bits per heavy atom. The van der Waals surface area contributed by atoms with Crippen LogP contribution in [0.4, 0.5) is 0 Å². The van der Waals surface area contributed by atoms with E-state index in [1.807, 2.05) is 36.4 Å². The van der Waals surface area contributed by atoms with Crippen LogP contribution in [0.5, 0.6) is 0 Å². The minimum absolute atomic E-state index is 0.173. The van der Waals surface area contributed by atoms with Gasteiger partial charge in [0.1, 0.15) is 17.3 Å². The van der Waals surface area contributed by atoms with E-state index in [2.05, 4.69) is 36.4 Å². The molecule has 3 rings (SSSR count). The fourth-order valence-electron chi connectivity index (χ4n) is 2.60. The summed E-state index contributed by atoms with van der Waals surface area (Å²) in [5.41, 5.74) is 3.95. The van der Waals surface area contributed by atoms with Crippen LogP contribution in [-0.2, 0) is 28.2 Å². The first-order valence-electron chi connectivity index (χ1n) is 7.96. The molecule has 0 aliphatic heterocycles. The van der Waals surface area contributed by atoms with Gasteiger partial charge >= 0.3 is 0 Å². The number of benzene rings is 3. The highest BCUT2D eigenvalue weighted by Crippen LogP contribution is 2.22. The number of hydrogen-bond acceptors (Lipinski definition) is 0. The third-order valence-electron chi connectivity index (χ3n) is 3.85. The minimum Gasteiger partial charge on any atom is -0.0843 e. The van der Waals surface area contributed by atoms with Crippen molar-refractivity contribution in [2.75, 3.05) is 0 Å². The molecule has 3 aromatic rings. The van der Waals surface area contributed by atoms with Gasteiger partial charge in [0.2, 0.25) is 0 Å². The molecule has 0 saturated heterocycles. The van der Waals surface area contributed by atoms with Crippen LogP contribution in [-0.4, -0.2) is 0 Å². The second-order valence-corrected chi connectivity index (χ2v) is 9.32. The van der Waals surface area contributed by atoms with Crippen molar-refractivity contribution in [1.29, 1.82) is 0 Å². The summed E-state index contributed by atoms with van der Waals surface area (Å²) in [6.45, 7) is 0. The van der Waals surface area contributed by atoms with Crippen molar-refractivity contribution in [3.05, 3.63) is 105 Å². The Morgan fingerprint density at radius 3 is 0.920 bits per heavy atom. The van der Waals surface area contributed by atoms with E-state index in [-0.39, 0.29) is 10.9 Å². The molecule has 0 amide bonds. The lowest BCUT2D eigenvalue weighted by Gasteiger charge is -2.10. The van der Waals surface area contributed by atoms with Crippen molar-refractivity contribution in [3.63, 3.8) is 0 Å². The van der Waals surface area contributed by atoms with Crippen LogP contribution in [0.1, 0.15) is 16.7 Å². The van der Waals surface area contributed by atoms with Crippen LogP contribution in [0, 0.1) is 0 Å². The summed E-state index contributed by atoms with van der Waals surface area (Å²) in [6, 6.07) is 24.5. The lowest BCUT2D eigenvalue weighted by atomic mass is 10.2. The van der Waals surface area contributed by atoms with Crippen molar-refractivity contribution < 1.29 is 0 Å². The SMILES string of the molecule is Clc1ccc(C[S+](Cc2ccc(Cl)cc2)Cc2ccc(Cl)cc2)cc1. The molecule has 0 unspecified atom stereocenters. The van der Waals surface area contributed by atoms with Gasteiger partial charge in [0.05, 0.1) is 0 Å². The van der Waals surface area contributed by atoms with Crippen LogP contribution in [0.3, 0.4) is 0 Å². The number of halogens is 3. The predicted molar refractivity (Wildman–Crippen MR) is 113 cm³/mol. The topological polar surface area (TPSA) is 0 Å². The number of rotatable bonds is 6. The molecule has 0 atom stereocenters. The quantitative estimate of drug-likeness (QED) is 0.379. The van der Waals surface area contributed by atoms with Gasteiger partial charge in [-0.3, -0.25) is 0 Å². The molecule has 0 saturated carbocycles. The Morgan fingerprint density at radius 1 is 0.440 bits per heavy atom. The molecule has 3 aromatic carbocycles. The fourth-order valence-corrected chi connectivity index (χ4v) is 5.28. The van der Waals surface area contributed by atoms with Gasteiger partial charge in [-0.2, -0.15) is 0 Å². The molecule has 0 bridgehead atoms. The molecule has 0 nitrogen and oxygen atoms in total. The average Bonchev–Trinajstić information content (AvgIpc) is 2.61. The third-order valence-corrected chi connectivity index (χ3v) is 6.83. The van der Waals surface area contributed by atoms with Gasteiger partial charge in [-0.25, -0.2) is 0 Å². The van der Waals surface area contributed by atoms with Crippen molar-refractivity contribution in [2.45, 2.75) is 17.3 Å². The molecule has 0 radical (unpaired) electrons. The second kappa shape index (κ2) is 9.00. The molecule has 128 valence electrons. The smallest absolute Gasteiger partial charge is 0.0843 e. The van der Waals surface area contributed by atoms with Gasteiger partial charge in [-0.05, 0) is 36.4 Å². The largest absolute Gasteiger partial charge is 0.133 e. The lowest BCUT2D eigenvalue weighted by molar-refractivity contribution is 1.28. The van der Waals surface area contributed by atoms with Crippen molar-refractivity contribution in [3.8, 4) is 0 Å². The Kier molecular flexibility index (Phi) is 6.72. The third kappa shape index (κ3) is 5.97. The van der Waals surface area contributed by atoms with Gasteiger partial charge < -0.3 is 0 Å². The minimum atomic E-state index is 0.173. The molecule has 0 heterocycles. The zero-order valence-electron chi connectivity index (χ0n) is 13.6. The van der Waals surface area contributed by atoms with E-state index in [1.165, 1.54) is 16.7 Å². The van der Waals surface area contributed by atoms with E-state index in [4.69, 9.17) is 34.8 Å². The molecule has 0 spiro atoms. The van der Waals surface area contributed by atoms with Crippen LogP contribution >= 0.6 is 34.8 Å². The Labute approximate surface area is 167 Å². The monoisotopic (exact) mass is 407 g/mol. The van der Waals surface area contributed by atoms with Gasteiger partial charge in [0.15, 0.2) is 0 Å². The van der Waals surface area contributed by atoms with Crippen molar-refractivity contribution in [2.24, 2.45) is 0 Å². The van der Waals surface area contributed by atoms with Gasteiger partial charge in [-0.15, -0.1) is 0 Å². The Hall–Kier alpha value is -1.12. The maximum absolute atomic E-state index is 6.01. The molecular weight excluding hydrogens is 391 g/mol. The van der Waals surface area contributed by atoms with E-state index in [0.29, 0.717) is 0 Å². The molecule has 0 fully saturated rings. The lowest BCUT2D eigenvalue weighted by Crippen LogP contribution is -2.12. The summed E-state index contributed by atoms with van der Waals surface area (Å²) < 4.78 is 0. The normalized spacial score (nSPS) is 11.0. The standard InChI is InChI=1S/C21H18Cl3S/c22-19-7-1-16(2-8-19)13-25(14-17-3-9-20(23)10-4-17)15-18-5-11-21(24)12-6-18/h1-12H,13-15H2/q+1. The van der Waals surface area contributed by atoms with Gasteiger partial charge in [-0.1, -0.05) is 71.2 Å². The highest BCUT2D eigenvalue weighted by Gasteiger charge is 2.20. The van der Waals surface area contributed by atoms with E-state index < -0.39 is 0 Å². The molecule has 0 N–H and O–H groups in total. The van der Waals surface area contributed by atoms with Crippen molar-refractivity contribution in [1.82, 2.24) is 0 Å². The maximum Gasteiger partial charge on any atom is 0.133 e. The zero-order chi connectivity index (χ0) is 17.6. The Balaban J connectivity index is 1.77. The molecule has 25 heavy (non-hydrogen) atoms. The van der Waals surface area contributed by atoms with E-state index >= 15 is 0 Å². The molecular formula is C21H18Cl3S+. The van der Waals surface area contributed by atoms with Crippen LogP contribution in [0.15, 0.2) is 72.8 Å².